The van der Waals surface area contributed by atoms with Gasteiger partial charge in [-0.25, -0.2) is 0 Å². The Bertz CT molecular complexity index is 498. The lowest BCUT2D eigenvalue weighted by molar-refractivity contribution is -0.130. The first-order chi connectivity index (χ1) is 9.25. The van der Waals surface area contributed by atoms with Crippen molar-refractivity contribution >= 4 is 11.7 Å². The maximum atomic E-state index is 12.0. The molecule has 1 fully saturated rings. The Kier molecular flexibility index (Phi) is 3.40. The summed E-state index contributed by atoms with van der Waals surface area (Å²) in [6.45, 7) is 1.81. The molecule has 2 heterocycles. The van der Waals surface area contributed by atoms with E-state index in [9.17, 15) is 9.59 Å². The summed E-state index contributed by atoms with van der Waals surface area (Å²) >= 11 is 0. The molecule has 1 aliphatic carbocycles. The minimum Gasteiger partial charge on any atom is -0.364 e. The van der Waals surface area contributed by atoms with Gasteiger partial charge in [-0.1, -0.05) is 0 Å². The fraction of sp³-hybridized carbons (Fsp3) is 0.600. The first kappa shape index (κ1) is 12.5. The van der Waals surface area contributed by atoms with Gasteiger partial charge in [-0.15, -0.1) is 0 Å². The highest BCUT2D eigenvalue weighted by atomic mass is 16.2. The van der Waals surface area contributed by atoms with Crippen molar-refractivity contribution in [2.24, 2.45) is 0 Å². The summed E-state index contributed by atoms with van der Waals surface area (Å²) < 4.78 is 0. The number of aromatic nitrogens is 1. The number of likely N-dealkylation sites (tertiary alicyclic amines) is 1. The van der Waals surface area contributed by atoms with Crippen LogP contribution in [-0.4, -0.2) is 34.7 Å². The van der Waals surface area contributed by atoms with Crippen LogP contribution in [0.2, 0.25) is 0 Å². The smallest absolute Gasteiger partial charge is 0.222 e. The molecule has 0 spiro atoms. The molecule has 102 valence electrons. The van der Waals surface area contributed by atoms with Crippen molar-refractivity contribution < 1.29 is 9.59 Å². The summed E-state index contributed by atoms with van der Waals surface area (Å²) in [6, 6.07) is 0. The topological polar surface area (TPSA) is 53.2 Å². The molecule has 0 atom stereocenters. The van der Waals surface area contributed by atoms with E-state index in [4.69, 9.17) is 0 Å². The molecule has 0 unspecified atom stereocenters. The van der Waals surface area contributed by atoms with Gasteiger partial charge in [0.25, 0.3) is 0 Å². The zero-order chi connectivity index (χ0) is 13.2. The molecule has 4 nitrogen and oxygen atoms in total. The van der Waals surface area contributed by atoms with Crippen LogP contribution in [0.1, 0.15) is 53.7 Å². The van der Waals surface area contributed by atoms with Crippen LogP contribution in [0.3, 0.4) is 0 Å². The fourth-order valence-corrected chi connectivity index (χ4v) is 3.17. The van der Waals surface area contributed by atoms with Gasteiger partial charge in [-0.2, -0.15) is 0 Å². The van der Waals surface area contributed by atoms with Crippen LogP contribution >= 0.6 is 0 Å². The average molecular weight is 260 g/mol. The van der Waals surface area contributed by atoms with Gasteiger partial charge in [0.1, 0.15) is 0 Å². The summed E-state index contributed by atoms with van der Waals surface area (Å²) in [6.07, 6.45) is 7.95. The highest BCUT2D eigenvalue weighted by Gasteiger charge is 2.23. The number of hydrogen-bond acceptors (Lipinski definition) is 2. The first-order valence-corrected chi connectivity index (χ1v) is 7.26. The zero-order valence-electron chi connectivity index (χ0n) is 11.2. The number of Topliss-reactive ketones (excluding diaryl/α,β-unsaturated/α-hetero) is 1. The van der Waals surface area contributed by atoms with Crippen LogP contribution in [0.15, 0.2) is 6.20 Å². The Morgan fingerprint density at radius 1 is 1.21 bits per heavy atom. The number of H-pyrrole nitrogens is 1. The molecule has 3 rings (SSSR count). The van der Waals surface area contributed by atoms with Crippen LogP contribution < -0.4 is 0 Å². The third-order valence-electron chi connectivity index (χ3n) is 4.22. The number of aromatic amines is 1. The monoisotopic (exact) mass is 260 g/mol. The van der Waals surface area contributed by atoms with E-state index in [1.54, 1.807) is 0 Å². The van der Waals surface area contributed by atoms with E-state index < -0.39 is 0 Å². The van der Waals surface area contributed by atoms with Gasteiger partial charge in [-0.05, 0) is 37.7 Å². The number of nitrogens with zero attached hydrogens (tertiary/aromatic N) is 1. The summed E-state index contributed by atoms with van der Waals surface area (Å²) in [5, 5.41) is 0. The van der Waals surface area contributed by atoms with E-state index in [-0.39, 0.29) is 11.7 Å². The number of rotatable bonds is 3. The molecule has 0 bridgehead atoms. The molecule has 1 amide bonds. The third-order valence-corrected chi connectivity index (χ3v) is 4.22. The second kappa shape index (κ2) is 5.19. The average Bonchev–Trinajstić information content (AvgIpc) is 3.06. The van der Waals surface area contributed by atoms with Crippen molar-refractivity contribution in [1.29, 1.82) is 0 Å². The molecule has 0 radical (unpaired) electrons. The number of aryl methyl sites for hydroxylation is 2. The summed E-state index contributed by atoms with van der Waals surface area (Å²) in [5.74, 6) is 0.474. The Balaban J connectivity index is 1.65. The Labute approximate surface area is 113 Å². The van der Waals surface area contributed by atoms with Crippen molar-refractivity contribution in [3.05, 3.63) is 23.0 Å². The number of amides is 1. The van der Waals surface area contributed by atoms with Gasteiger partial charge in [0, 0.05) is 43.4 Å². The van der Waals surface area contributed by atoms with Crippen LogP contribution in [0.4, 0.5) is 0 Å². The zero-order valence-corrected chi connectivity index (χ0v) is 11.2. The Hall–Kier alpha value is -1.58. The maximum absolute atomic E-state index is 12.0. The van der Waals surface area contributed by atoms with E-state index in [1.807, 2.05) is 11.1 Å². The molecule has 2 aliphatic rings. The predicted molar refractivity (Wildman–Crippen MR) is 72.2 cm³/mol. The van der Waals surface area contributed by atoms with E-state index in [0.717, 1.165) is 55.6 Å². The van der Waals surface area contributed by atoms with Gasteiger partial charge < -0.3 is 9.88 Å². The van der Waals surface area contributed by atoms with Crippen LogP contribution in [0, 0.1) is 0 Å². The number of nitrogens with one attached hydrogen (secondary N) is 1. The molecule has 1 aliphatic heterocycles. The van der Waals surface area contributed by atoms with Crippen molar-refractivity contribution in [1.82, 2.24) is 9.88 Å². The summed E-state index contributed by atoms with van der Waals surface area (Å²) in [4.78, 5) is 29.1. The van der Waals surface area contributed by atoms with Crippen LogP contribution in [0.5, 0.6) is 0 Å². The predicted octanol–water partition coefficient (Wildman–Crippen LogP) is 2.09. The molecule has 1 N–H and O–H groups in total. The standard InChI is InChI=1S/C15H20N2O2/c18-13-5-3-4-12-15(13)11(10-16-12)6-7-14(19)17-8-1-2-9-17/h10,16H,1-9H2. The molecular weight excluding hydrogens is 240 g/mol. The lowest BCUT2D eigenvalue weighted by Crippen LogP contribution is -2.27. The molecule has 1 aromatic rings. The first-order valence-electron chi connectivity index (χ1n) is 7.26. The van der Waals surface area contributed by atoms with Crippen LogP contribution in [0.25, 0.3) is 0 Å². The minimum atomic E-state index is 0.232. The largest absolute Gasteiger partial charge is 0.364 e. The lowest BCUT2D eigenvalue weighted by atomic mass is 9.92. The van der Waals surface area contributed by atoms with Crippen molar-refractivity contribution in [2.75, 3.05) is 13.1 Å². The molecule has 4 heteroatoms. The SMILES string of the molecule is O=C1CCCc2[nH]cc(CCC(=O)N3CCCC3)c21. The molecule has 19 heavy (non-hydrogen) atoms. The van der Waals surface area contributed by atoms with E-state index in [0.29, 0.717) is 19.3 Å². The molecule has 0 saturated carbocycles. The lowest BCUT2D eigenvalue weighted by Gasteiger charge is -2.15. The highest BCUT2D eigenvalue weighted by Crippen LogP contribution is 2.25. The highest BCUT2D eigenvalue weighted by molar-refractivity contribution is 5.99. The van der Waals surface area contributed by atoms with Gasteiger partial charge in [0.2, 0.25) is 5.91 Å². The van der Waals surface area contributed by atoms with Crippen molar-refractivity contribution in [3.63, 3.8) is 0 Å². The number of fused-ring (bicyclic) bond motifs is 1. The molecule has 1 aromatic heterocycles. The van der Waals surface area contributed by atoms with Gasteiger partial charge in [0.05, 0.1) is 0 Å². The number of carbonyl (C=O) groups is 2. The summed E-state index contributed by atoms with van der Waals surface area (Å²) in [7, 11) is 0. The normalized spacial score (nSPS) is 18.7. The molecule has 1 saturated heterocycles. The maximum Gasteiger partial charge on any atom is 0.222 e. The summed E-state index contributed by atoms with van der Waals surface area (Å²) in [5.41, 5.74) is 2.98. The molecule has 0 aromatic carbocycles. The van der Waals surface area contributed by atoms with E-state index in [2.05, 4.69) is 4.98 Å². The Morgan fingerprint density at radius 3 is 2.79 bits per heavy atom. The Morgan fingerprint density at radius 2 is 2.00 bits per heavy atom. The van der Waals surface area contributed by atoms with Crippen molar-refractivity contribution in [2.45, 2.75) is 44.9 Å². The number of hydrogen-bond donors (Lipinski definition) is 1. The van der Waals surface area contributed by atoms with Gasteiger partial charge >= 0.3 is 0 Å². The van der Waals surface area contributed by atoms with E-state index in [1.165, 1.54) is 0 Å². The van der Waals surface area contributed by atoms with Gasteiger partial charge in [0.15, 0.2) is 5.78 Å². The third kappa shape index (κ3) is 2.44. The number of ketones is 1. The fourth-order valence-electron chi connectivity index (χ4n) is 3.17. The minimum absolute atomic E-state index is 0.232. The second-order valence-corrected chi connectivity index (χ2v) is 5.53. The van der Waals surface area contributed by atoms with Crippen LogP contribution in [-0.2, 0) is 17.6 Å². The molecular formula is C15H20N2O2. The number of carbonyl (C=O) groups excluding carboxylic acids is 2. The van der Waals surface area contributed by atoms with Gasteiger partial charge in [-0.3, -0.25) is 9.59 Å². The second-order valence-electron chi connectivity index (χ2n) is 5.53. The quantitative estimate of drug-likeness (QED) is 0.904. The van der Waals surface area contributed by atoms with E-state index >= 15 is 0 Å². The van der Waals surface area contributed by atoms with Crippen molar-refractivity contribution in [3.8, 4) is 0 Å².